The highest BCUT2D eigenvalue weighted by atomic mass is 16.5. The minimum atomic E-state index is 0.127. The lowest BCUT2D eigenvalue weighted by molar-refractivity contribution is 0.0789. The van der Waals surface area contributed by atoms with Crippen molar-refractivity contribution >= 4 is 0 Å². The molecule has 1 aliphatic rings. The van der Waals surface area contributed by atoms with E-state index in [4.69, 9.17) is 10.00 Å². The Morgan fingerprint density at radius 3 is 3.08 bits per heavy atom. The van der Waals surface area contributed by atoms with Crippen LogP contribution >= 0.6 is 0 Å². The van der Waals surface area contributed by atoms with Crippen molar-refractivity contribution in [3.8, 4) is 6.07 Å². The van der Waals surface area contributed by atoms with Crippen molar-refractivity contribution in [3.05, 3.63) is 0 Å². The average Bonchev–Trinajstić information content (AvgIpc) is 2.51. The molecule has 0 radical (unpaired) electrons. The Labute approximate surface area is 73.9 Å². The number of hydrogen-bond acceptors (Lipinski definition) is 3. The number of methoxy groups -OCH3 is 1. The molecular weight excluding hydrogens is 152 g/mol. The van der Waals surface area contributed by atoms with Crippen LogP contribution in [0.4, 0.5) is 0 Å². The molecule has 1 aliphatic heterocycles. The SMILES string of the molecule is COC(C)CN1CCCC1C#N. The lowest BCUT2D eigenvalue weighted by atomic mass is 10.2. The van der Waals surface area contributed by atoms with E-state index in [-0.39, 0.29) is 12.1 Å². The van der Waals surface area contributed by atoms with E-state index in [1.54, 1.807) is 7.11 Å². The summed E-state index contributed by atoms with van der Waals surface area (Å²) in [5, 5.41) is 8.79. The minimum Gasteiger partial charge on any atom is -0.380 e. The molecule has 0 N–H and O–H groups in total. The molecule has 68 valence electrons. The Kier molecular flexibility index (Phi) is 3.51. The van der Waals surface area contributed by atoms with Crippen molar-refractivity contribution in [2.45, 2.75) is 31.9 Å². The third kappa shape index (κ3) is 2.20. The Balaban J connectivity index is 2.36. The number of nitriles is 1. The lowest BCUT2D eigenvalue weighted by Gasteiger charge is -2.22. The molecular formula is C9H16N2O. The zero-order valence-corrected chi connectivity index (χ0v) is 7.79. The molecule has 0 amide bonds. The lowest BCUT2D eigenvalue weighted by Crippen LogP contribution is -2.35. The van der Waals surface area contributed by atoms with E-state index >= 15 is 0 Å². The predicted molar refractivity (Wildman–Crippen MR) is 46.7 cm³/mol. The second kappa shape index (κ2) is 4.44. The zero-order chi connectivity index (χ0) is 8.97. The van der Waals surface area contributed by atoms with Crippen LogP contribution in [0.3, 0.4) is 0 Å². The second-order valence-corrected chi connectivity index (χ2v) is 3.33. The molecule has 0 saturated carbocycles. The van der Waals surface area contributed by atoms with E-state index in [2.05, 4.69) is 11.0 Å². The minimum absolute atomic E-state index is 0.127. The molecule has 0 bridgehead atoms. The van der Waals surface area contributed by atoms with Crippen LogP contribution < -0.4 is 0 Å². The van der Waals surface area contributed by atoms with Gasteiger partial charge < -0.3 is 4.74 Å². The van der Waals surface area contributed by atoms with Crippen molar-refractivity contribution in [1.82, 2.24) is 4.90 Å². The fourth-order valence-electron chi connectivity index (χ4n) is 1.60. The molecule has 12 heavy (non-hydrogen) atoms. The third-order valence-electron chi connectivity index (χ3n) is 2.41. The summed E-state index contributed by atoms with van der Waals surface area (Å²) in [5.74, 6) is 0. The van der Waals surface area contributed by atoms with Gasteiger partial charge in [-0.05, 0) is 26.3 Å². The van der Waals surface area contributed by atoms with Crippen LogP contribution in [0.2, 0.25) is 0 Å². The highest BCUT2D eigenvalue weighted by molar-refractivity contribution is 4.96. The Morgan fingerprint density at radius 1 is 1.75 bits per heavy atom. The summed E-state index contributed by atoms with van der Waals surface area (Å²) in [6, 6.07) is 2.44. The van der Waals surface area contributed by atoms with Crippen molar-refractivity contribution in [3.63, 3.8) is 0 Å². The molecule has 0 spiro atoms. The maximum absolute atomic E-state index is 8.79. The van der Waals surface area contributed by atoms with Gasteiger partial charge in [-0.2, -0.15) is 5.26 Å². The monoisotopic (exact) mass is 168 g/mol. The molecule has 3 nitrogen and oxygen atoms in total. The molecule has 0 aromatic heterocycles. The Morgan fingerprint density at radius 2 is 2.50 bits per heavy atom. The maximum Gasteiger partial charge on any atom is 0.0979 e. The van der Waals surface area contributed by atoms with Crippen LogP contribution in [0.5, 0.6) is 0 Å². The van der Waals surface area contributed by atoms with Crippen LogP contribution in [0, 0.1) is 11.3 Å². The summed E-state index contributed by atoms with van der Waals surface area (Å²) in [6.07, 6.45) is 2.40. The van der Waals surface area contributed by atoms with Crippen LogP contribution in [0.25, 0.3) is 0 Å². The summed E-state index contributed by atoms with van der Waals surface area (Å²) in [7, 11) is 1.71. The number of nitrogens with zero attached hydrogens (tertiary/aromatic N) is 2. The molecule has 3 heteroatoms. The van der Waals surface area contributed by atoms with Gasteiger partial charge in [0.2, 0.25) is 0 Å². The van der Waals surface area contributed by atoms with E-state index in [0.29, 0.717) is 0 Å². The summed E-state index contributed by atoms with van der Waals surface area (Å²) >= 11 is 0. The summed E-state index contributed by atoms with van der Waals surface area (Å²) in [4.78, 5) is 2.20. The molecule has 2 atom stereocenters. The van der Waals surface area contributed by atoms with E-state index in [1.165, 1.54) is 0 Å². The van der Waals surface area contributed by atoms with Gasteiger partial charge in [0.1, 0.15) is 0 Å². The van der Waals surface area contributed by atoms with Crippen molar-refractivity contribution in [2.24, 2.45) is 0 Å². The first-order valence-corrected chi connectivity index (χ1v) is 4.44. The highest BCUT2D eigenvalue weighted by Gasteiger charge is 2.24. The zero-order valence-electron chi connectivity index (χ0n) is 7.79. The van der Waals surface area contributed by atoms with Crippen molar-refractivity contribution < 1.29 is 4.74 Å². The predicted octanol–water partition coefficient (Wildman–Crippen LogP) is 1.01. The van der Waals surface area contributed by atoms with Gasteiger partial charge in [-0.25, -0.2) is 0 Å². The molecule has 2 unspecified atom stereocenters. The summed E-state index contributed by atoms with van der Waals surface area (Å²) in [6.45, 7) is 3.97. The fraction of sp³-hybridized carbons (Fsp3) is 0.889. The third-order valence-corrected chi connectivity index (χ3v) is 2.41. The number of hydrogen-bond donors (Lipinski definition) is 0. The standard InChI is InChI=1S/C9H16N2O/c1-8(12-2)7-11-5-3-4-9(11)6-10/h8-9H,3-5,7H2,1-2H3. The quantitative estimate of drug-likeness (QED) is 0.631. The van der Waals surface area contributed by atoms with Gasteiger partial charge in [0.05, 0.1) is 18.2 Å². The molecule has 1 heterocycles. The summed E-state index contributed by atoms with van der Waals surface area (Å²) in [5.41, 5.74) is 0. The number of ether oxygens (including phenoxy) is 1. The Bertz CT molecular complexity index is 176. The molecule has 0 aromatic rings. The topological polar surface area (TPSA) is 36.3 Å². The van der Waals surface area contributed by atoms with E-state index in [0.717, 1.165) is 25.9 Å². The first-order chi connectivity index (χ1) is 5.77. The van der Waals surface area contributed by atoms with E-state index in [9.17, 15) is 0 Å². The van der Waals surface area contributed by atoms with E-state index in [1.807, 2.05) is 6.92 Å². The van der Waals surface area contributed by atoms with Gasteiger partial charge >= 0.3 is 0 Å². The van der Waals surface area contributed by atoms with Crippen LogP contribution in [0.15, 0.2) is 0 Å². The van der Waals surface area contributed by atoms with Crippen LogP contribution in [-0.2, 0) is 4.74 Å². The van der Waals surface area contributed by atoms with Gasteiger partial charge in [0.15, 0.2) is 0 Å². The number of rotatable bonds is 3. The smallest absolute Gasteiger partial charge is 0.0979 e. The molecule has 1 fully saturated rings. The Hall–Kier alpha value is -0.590. The van der Waals surface area contributed by atoms with Gasteiger partial charge in [-0.15, -0.1) is 0 Å². The maximum atomic E-state index is 8.79. The average molecular weight is 168 g/mol. The van der Waals surface area contributed by atoms with Gasteiger partial charge in [0, 0.05) is 13.7 Å². The molecule has 0 aromatic carbocycles. The second-order valence-electron chi connectivity index (χ2n) is 3.33. The van der Waals surface area contributed by atoms with Crippen LogP contribution in [0.1, 0.15) is 19.8 Å². The fourth-order valence-corrected chi connectivity index (χ4v) is 1.60. The van der Waals surface area contributed by atoms with Gasteiger partial charge in [0.25, 0.3) is 0 Å². The molecule has 1 saturated heterocycles. The summed E-state index contributed by atoms with van der Waals surface area (Å²) < 4.78 is 5.15. The van der Waals surface area contributed by atoms with Crippen molar-refractivity contribution in [1.29, 1.82) is 5.26 Å². The molecule has 1 rings (SSSR count). The van der Waals surface area contributed by atoms with E-state index < -0.39 is 0 Å². The van der Waals surface area contributed by atoms with Gasteiger partial charge in [-0.3, -0.25) is 4.90 Å². The number of likely N-dealkylation sites (tertiary alicyclic amines) is 1. The largest absolute Gasteiger partial charge is 0.380 e. The first-order valence-electron chi connectivity index (χ1n) is 4.44. The van der Waals surface area contributed by atoms with Crippen LogP contribution in [-0.4, -0.2) is 37.2 Å². The van der Waals surface area contributed by atoms with Crippen molar-refractivity contribution in [2.75, 3.05) is 20.2 Å². The first kappa shape index (κ1) is 9.50. The highest BCUT2D eigenvalue weighted by Crippen LogP contribution is 2.16. The normalized spacial score (nSPS) is 26.9. The molecule has 0 aliphatic carbocycles. The van der Waals surface area contributed by atoms with Gasteiger partial charge in [-0.1, -0.05) is 0 Å².